The number of furan rings is 1. The molecular formula is C17H13N3O2. The first-order chi connectivity index (χ1) is 10.9. The molecule has 0 bridgehead atoms. The zero-order chi connectivity index (χ0) is 14.9. The summed E-state index contributed by atoms with van der Waals surface area (Å²) in [6.07, 6.45) is 3.39. The molecule has 108 valence electrons. The third kappa shape index (κ3) is 1.87. The van der Waals surface area contributed by atoms with Crippen LogP contribution in [0.4, 0.5) is 0 Å². The quantitative estimate of drug-likeness (QED) is 0.577. The van der Waals surface area contributed by atoms with E-state index in [2.05, 4.69) is 9.97 Å². The molecule has 0 amide bonds. The van der Waals surface area contributed by atoms with Crippen molar-refractivity contribution < 1.29 is 9.15 Å². The first kappa shape index (κ1) is 12.6. The highest BCUT2D eigenvalue weighted by molar-refractivity contribution is 5.79. The number of para-hydroxylation sites is 2. The van der Waals surface area contributed by atoms with Gasteiger partial charge in [-0.3, -0.25) is 4.57 Å². The minimum Gasteiger partial charge on any atom is -0.495 e. The number of pyridine rings is 1. The van der Waals surface area contributed by atoms with Crippen molar-refractivity contribution in [2.75, 3.05) is 7.11 Å². The minimum atomic E-state index is 0.684. The van der Waals surface area contributed by atoms with Crippen LogP contribution in [0.1, 0.15) is 0 Å². The molecule has 5 nitrogen and oxygen atoms in total. The summed E-state index contributed by atoms with van der Waals surface area (Å²) in [5.74, 6) is 2.13. The lowest BCUT2D eigenvalue weighted by Gasteiger charge is -2.11. The van der Waals surface area contributed by atoms with E-state index in [1.165, 1.54) is 0 Å². The third-order valence-electron chi connectivity index (χ3n) is 3.48. The molecule has 5 heteroatoms. The van der Waals surface area contributed by atoms with Crippen molar-refractivity contribution in [2.45, 2.75) is 0 Å². The van der Waals surface area contributed by atoms with E-state index in [0.29, 0.717) is 11.6 Å². The van der Waals surface area contributed by atoms with E-state index in [9.17, 15) is 0 Å². The predicted octanol–water partition coefficient (Wildman–Crippen LogP) is 3.69. The van der Waals surface area contributed by atoms with Gasteiger partial charge in [0, 0.05) is 6.20 Å². The largest absolute Gasteiger partial charge is 0.495 e. The molecular weight excluding hydrogens is 278 g/mol. The van der Waals surface area contributed by atoms with Crippen LogP contribution in [-0.4, -0.2) is 21.6 Å². The van der Waals surface area contributed by atoms with Gasteiger partial charge in [0.05, 0.1) is 19.1 Å². The monoisotopic (exact) mass is 291 g/mol. The third-order valence-corrected chi connectivity index (χ3v) is 3.48. The van der Waals surface area contributed by atoms with E-state index in [1.807, 2.05) is 53.1 Å². The van der Waals surface area contributed by atoms with E-state index >= 15 is 0 Å². The fourth-order valence-electron chi connectivity index (χ4n) is 2.53. The van der Waals surface area contributed by atoms with Gasteiger partial charge < -0.3 is 9.15 Å². The molecule has 0 aliphatic carbocycles. The number of rotatable bonds is 3. The van der Waals surface area contributed by atoms with Crippen LogP contribution in [0.3, 0.4) is 0 Å². The van der Waals surface area contributed by atoms with Gasteiger partial charge in [0.15, 0.2) is 17.2 Å². The number of nitrogens with zero attached hydrogens (tertiary/aromatic N) is 3. The number of benzene rings is 1. The molecule has 0 saturated heterocycles. The number of hydrogen-bond acceptors (Lipinski definition) is 4. The standard InChI is InChI=1S/C17H13N3O2/c1-21-14-8-3-2-7-13(14)20-16-12(6-4-10-18-16)19-17(20)15-9-5-11-22-15/h2-11H,1H3. The van der Waals surface area contributed by atoms with Crippen LogP contribution in [0.15, 0.2) is 65.4 Å². The summed E-state index contributed by atoms with van der Waals surface area (Å²) >= 11 is 0. The van der Waals surface area contributed by atoms with Crippen LogP contribution < -0.4 is 4.74 Å². The van der Waals surface area contributed by atoms with Gasteiger partial charge in [0.25, 0.3) is 0 Å². The summed E-state index contributed by atoms with van der Waals surface area (Å²) in [5, 5.41) is 0. The summed E-state index contributed by atoms with van der Waals surface area (Å²) in [4.78, 5) is 9.12. The van der Waals surface area contributed by atoms with Gasteiger partial charge in [-0.2, -0.15) is 0 Å². The summed E-state index contributed by atoms with van der Waals surface area (Å²) in [6.45, 7) is 0. The lowest BCUT2D eigenvalue weighted by atomic mass is 10.2. The topological polar surface area (TPSA) is 53.1 Å². The highest BCUT2D eigenvalue weighted by atomic mass is 16.5. The zero-order valence-electron chi connectivity index (χ0n) is 11.9. The Labute approximate surface area is 126 Å². The SMILES string of the molecule is COc1ccccc1-n1c(-c2ccco2)nc2cccnc21. The number of methoxy groups -OCH3 is 1. The predicted molar refractivity (Wildman–Crippen MR) is 83.1 cm³/mol. The van der Waals surface area contributed by atoms with E-state index in [1.54, 1.807) is 19.6 Å². The van der Waals surface area contributed by atoms with Crippen molar-refractivity contribution in [3.05, 3.63) is 61.0 Å². The normalized spacial score (nSPS) is 11.0. The van der Waals surface area contributed by atoms with Crippen LogP contribution in [0.5, 0.6) is 5.75 Å². The maximum absolute atomic E-state index is 5.53. The van der Waals surface area contributed by atoms with Gasteiger partial charge in [0.2, 0.25) is 0 Å². The van der Waals surface area contributed by atoms with Gasteiger partial charge >= 0.3 is 0 Å². The van der Waals surface area contributed by atoms with Gasteiger partial charge in [-0.05, 0) is 36.4 Å². The maximum atomic E-state index is 5.53. The highest BCUT2D eigenvalue weighted by Gasteiger charge is 2.19. The molecule has 0 N–H and O–H groups in total. The van der Waals surface area contributed by atoms with Crippen LogP contribution >= 0.6 is 0 Å². The Bertz CT molecular complexity index is 926. The second-order valence-electron chi connectivity index (χ2n) is 4.77. The molecule has 0 radical (unpaired) electrons. The number of imidazole rings is 1. The Kier molecular flexibility index (Phi) is 2.89. The average Bonchev–Trinajstić information content (AvgIpc) is 3.22. The Hall–Kier alpha value is -3.08. The second-order valence-corrected chi connectivity index (χ2v) is 4.77. The Balaban J connectivity index is 2.09. The Morgan fingerprint density at radius 3 is 2.77 bits per heavy atom. The van der Waals surface area contributed by atoms with Crippen molar-refractivity contribution >= 4 is 11.2 Å². The Morgan fingerprint density at radius 2 is 1.95 bits per heavy atom. The molecule has 0 unspecified atom stereocenters. The Morgan fingerprint density at radius 1 is 1.05 bits per heavy atom. The summed E-state index contributed by atoms with van der Waals surface area (Å²) < 4.78 is 13.0. The molecule has 1 aromatic carbocycles. The summed E-state index contributed by atoms with van der Waals surface area (Å²) in [5.41, 5.74) is 2.44. The smallest absolute Gasteiger partial charge is 0.183 e. The minimum absolute atomic E-state index is 0.684. The zero-order valence-corrected chi connectivity index (χ0v) is 11.9. The van der Waals surface area contributed by atoms with Crippen molar-refractivity contribution in [3.8, 4) is 23.0 Å². The molecule has 0 fully saturated rings. The highest BCUT2D eigenvalue weighted by Crippen LogP contribution is 2.31. The molecule has 3 heterocycles. The molecule has 3 aromatic heterocycles. The fourth-order valence-corrected chi connectivity index (χ4v) is 2.53. The van der Waals surface area contributed by atoms with Crippen LogP contribution in [0.25, 0.3) is 28.4 Å². The number of aromatic nitrogens is 3. The van der Waals surface area contributed by atoms with Crippen molar-refractivity contribution in [1.82, 2.24) is 14.5 Å². The fraction of sp³-hybridized carbons (Fsp3) is 0.0588. The van der Waals surface area contributed by atoms with Gasteiger partial charge in [-0.15, -0.1) is 0 Å². The molecule has 4 rings (SSSR count). The van der Waals surface area contributed by atoms with E-state index in [4.69, 9.17) is 9.15 Å². The van der Waals surface area contributed by atoms with Crippen molar-refractivity contribution in [3.63, 3.8) is 0 Å². The van der Waals surface area contributed by atoms with Crippen molar-refractivity contribution in [1.29, 1.82) is 0 Å². The van der Waals surface area contributed by atoms with E-state index in [-0.39, 0.29) is 0 Å². The van der Waals surface area contributed by atoms with E-state index in [0.717, 1.165) is 22.6 Å². The average molecular weight is 291 g/mol. The van der Waals surface area contributed by atoms with Crippen LogP contribution in [0.2, 0.25) is 0 Å². The lowest BCUT2D eigenvalue weighted by Crippen LogP contribution is -2.00. The van der Waals surface area contributed by atoms with Crippen molar-refractivity contribution in [2.24, 2.45) is 0 Å². The first-order valence-corrected chi connectivity index (χ1v) is 6.89. The van der Waals surface area contributed by atoms with Gasteiger partial charge in [-0.25, -0.2) is 9.97 Å². The van der Waals surface area contributed by atoms with Crippen LogP contribution in [0, 0.1) is 0 Å². The van der Waals surface area contributed by atoms with Gasteiger partial charge in [0.1, 0.15) is 11.3 Å². The number of ether oxygens (including phenoxy) is 1. The summed E-state index contributed by atoms with van der Waals surface area (Å²) in [7, 11) is 1.65. The molecule has 4 aromatic rings. The first-order valence-electron chi connectivity index (χ1n) is 6.89. The van der Waals surface area contributed by atoms with Crippen LogP contribution in [-0.2, 0) is 0 Å². The summed E-state index contributed by atoms with van der Waals surface area (Å²) in [6, 6.07) is 15.3. The second kappa shape index (κ2) is 5.04. The van der Waals surface area contributed by atoms with Gasteiger partial charge in [-0.1, -0.05) is 12.1 Å². The molecule has 0 atom stereocenters. The molecule has 0 aliphatic rings. The molecule has 0 saturated carbocycles. The van der Waals surface area contributed by atoms with E-state index < -0.39 is 0 Å². The molecule has 0 aliphatic heterocycles. The maximum Gasteiger partial charge on any atom is 0.183 e. The molecule has 0 spiro atoms. The lowest BCUT2D eigenvalue weighted by molar-refractivity contribution is 0.413. The number of hydrogen-bond donors (Lipinski definition) is 0. The molecule has 22 heavy (non-hydrogen) atoms. The number of fused-ring (bicyclic) bond motifs is 1.